The number of hydrogen-bond donors (Lipinski definition) is 1. The van der Waals surface area contributed by atoms with Crippen LogP contribution in [0.5, 0.6) is 0 Å². The Kier molecular flexibility index (Phi) is 2.87. The third-order valence-corrected chi connectivity index (χ3v) is 3.34. The third kappa shape index (κ3) is 1.83. The Morgan fingerprint density at radius 1 is 1.00 bits per heavy atom. The van der Waals surface area contributed by atoms with E-state index >= 15 is 0 Å². The molecule has 1 N–H and O–H groups in total. The molecule has 1 nitrogen and oxygen atoms in total. The first-order chi connectivity index (χ1) is 6.79. The van der Waals surface area contributed by atoms with Crippen molar-refractivity contribution in [1.29, 1.82) is 0 Å². The summed E-state index contributed by atoms with van der Waals surface area (Å²) in [6.07, 6.45) is 0. The second-order valence-corrected chi connectivity index (χ2v) is 4.55. The molecule has 0 spiro atoms. The Morgan fingerprint density at radius 3 is 2.14 bits per heavy atom. The Balaban J connectivity index is 2.23. The van der Waals surface area contributed by atoms with E-state index in [2.05, 4.69) is 49.5 Å². The van der Waals surface area contributed by atoms with E-state index in [1.54, 1.807) is 0 Å². The van der Waals surface area contributed by atoms with Gasteiger partial charge in [-0.3, -0.25) is 0 Å². The van der Waals surface area contributed by atoms with E-state index in [0.29, 0.717) is 0 Å². The molecule has 1 aromatic rings. The standard InChI is InChI=1S/C13H19N/c1-10-8-14-9-11(2)13(10)12-6-4-3-5-7-12/h3-7,10-11,13-14H,8-9H2,1-2H3. The van der Waals surface area contributed by atoms with Crippen molar-refractivity contribution in [3.63, 3.8) is 0 Å². The number of nitrogens with one attached hydrogen (secondary N) is 1. The normalized spacial score (nSPS) is 32.9. The summed E-state index contributed by atoms with van der Waals surface area (Å²) in [4.78, 5) is 0. The van der Waals surface area contributed by atoms with Crippen LogP contribution in [0.3, 0.4) is 0 Å². The van der Waals surface area contributed by atoms with E-state index in [1.807, 2.05) is 0 Å². The van der Waals surface area contributed by atoms with Crippen LogP contribution < -0.4 is 5.32 Å². The van der Waals surface area contributed by atoms with Gasteiger partial charge < -0.3 is 5.32 Å². The fraction of sp³-hybridized carbons (Fsp3) is 0.538. The predicted octanol–water partition coefficient (Wildman–Crippen LogP) is 2.65. The molecule has 2 rings (SSSR count). The summed E-state index contributed by atoms with van der Waals surface area (Å²) in [7, 11) is 0. The summed E-state index contributed by atoms with van der Waals surface area (Å²) in [5, 5.41) is 3.48. The van der Waals surface area contributed by atoms with Crippen LogP contribution in [0.25, 0.3) is 0 Å². The summed E-state index contributed by atoms with van der Waals surface area (Å²) in [6.45, 7) is 7.01. The molecule has 1 aromatic carbocycles. The summed E-state index contributed by atoms with van der Waals surface area (Å²) in [5.41, 5.74) is 1.51. The number of rotatable bonds is 1. The molecule has 0 amide bonds. The van der Waals surface area contributed by atoms with Crippen molar-refractivity contribution in [2.24, 2.45) is 11.8 Å². The van der Waals surface area contributed by atoms with E-state index in [4.69, 9.17) is 0 Å². The lowest BCUT2D eigenvalue weighted by molar-refractivity contribution is 0.268. The van der Waals surface area contributed by atoms with Gasteiger partial charge in [-0.2, -0.15) is 0 Å². The second kappa shape index (κ2) is 4.14. The van der Waals surface area contributed by atoms with Gasteiger partial charge in [0.1, 0.15) is 0 Å². The Labute approximate surface area is 86.5 Å². The third-order valence-electron chi connectivity index (χ3n) is 3.34. The smallest absolute Gasteiger partial charge is 0.00171 e. The molecule has 1 fully saturated rings. The van der Waals surface area contributed by atoms with Crippen molar-refractivity contribution in [2.45, 2.75) is 19.8 Å². The van der Waals surface area contributed by atoms with Crippen LogP contribution in [0.15, 0.2) is 30.3 Å². The fourth-order valence-electron chi connectivity index (χ4n) is 2.69. The lowest BCUT2D eigenvalue weighted by Gasteiger charge is -2.35. The van der Waals surface area contributed by atoms with E-state index in [9.17, 15) is 0 Å². The highest BCUT2D eigenvalue weighted by molar-refractivity contribution is 5.21. The molecule has 2 unspecified atom stereocenters. The molecule has 1 aliphatic rings. The van der Waals surface area contributed by atoms with Gasteiger partial charge in [-0.1, -0.05) is 44.2 Å². The molecule has 0 radical (unpaired) electrons. The van der Waals surface area contributed by atoms with E-state index in [1.165, 1.54) is 5.56 Å². The molecule has 0 saturated carbocycles. The maximum absolute atomic E-state index is 3.48. The first kappa shape index (κ1) is 9.72. The van der Waals surface area contributed by atoms with Gasteiger partial charge in [-0.05, 0) is 36.4 Å². The molecule has 2 atom stereocenters. The molecule has 1 heteroatoms. The van der Waals surface area contributed by atoms with Crippen LogP contribution in [0.1, 0.15) is 25.3 Å². The van der Waals surface area contributed by atoms with Gasteiger partial charge in [0.25, 0.3) is 0 Å². The van der Waals surface area contributed by atoms with Crippen molar-refractivity contribution in [2.75, 3.05) is 13.1 Å². The fourth-order valence-corrected chi connectivity index (χ4v) is 2.69. The highest BCUT2D eigenvalue weighted by Gasteiger charge is 2.28. The topological polar surface area (TPSA) is 12.0 Å². The van der Waals surface area contributed by atoms with Crippen LogP contribution in [0.4, 0.5) is 0 Å². The zero-order valence-corrected chi connectivity index (χ0v) is 9.03. The van der Waals surface area contributed by atoms with Crippen LogP contribution in [0.2, 0.25) is 0 Å². The van der Waals surface area contributed by atoms with Gasteiger partial charge in [0, 0.05) is 0 Å². The minimum atomic E-state index is 0.734. The van der Waals surface area contributed by atoms with Gasteiger partial charge in [-0.15, -0.1) is 0 Å². The van der Waals surface area contributed by atoms with Gasteiger partial charge in [-0.25, -0.2) is 0 Å². The van der Waals surface area contributed by atoms with Gasteiger partial charge in [0.15, 0.2) is 0 Å². The first-order valence-electron chi connectivity index (χ1n) is 5.54. The van der Waals surface area contributed by atoms with Crippen LogP contribution in [0, 0.1) is 11.8 Å². The highest BCUT2D eigenvalue weighted by Crippen LogP contribution is 2.33. The molecule has 0 bridgehead atoms. The molecule has 0 aromatic heterocycles. The summed E-state index contributed by atoms with van der Waals surface area (Å²) >= 11 is 0. The van der Waals surface area contributed by atoms with Crippen LogP contribution in [-0.2, 0) is 0 Å². The number of hydrogen-bond acceptors (Lipinski definition) is 1. The van der Waals surface area contributed by atoms with Gasteiger partial charge in [0.2, 0.25) is 0 Å². The molecule has 1 saturated heterocycles. The lowest BCUT2D eigenvalue weighted by atomic mass is 9.76. The molecule has 1 aliphatic heterocycles. The largest absolute Gasteiger partial charge is 0.316 e. The van der Waals surface area contributed by atoms with Crippen molar-refractivity contribution in [1.82, 2.24) is 5.32 Å². The molecule has 76 valence electrons. The average molecular weight is 189 g/mol. The Hall–Kier alpha value is -0.820. The summed E-state index contributed by atoms with van der Waals surface area (Å²) < 4.78 is 0. The second-order valence-electron chi connectivity index (χ2n) is 4.55. The van der Waals surface area contributed by atoms with Crippen molar-refractivity contribution in [3.8, 4) is 0 Å². The Morgan fingerprint density at radius 2 is 1.57 bits per heavy atom. The van der Waals surface area contributed by atoms with Crippen molar-refractivity contribution < 1.29 is 0 Å². The molecular formula is C13H19N. The van der Waals surface area contributed by atoms with E-state index in [-0.39, 0.29) is 0 Å². The Bertz CT molecular complexity index is 271. The highest BCUT2D eigenvalue weighted by atomic mass is 14.9. The van der Waals surface area contributed by atoms with Gasteiger partial charge >= 0.3 is 0 Å². The quantitative estimate of drug-likeness (QED) is 0.716. The minimum Gasteiger partial charge on any atom is -0.316 e. The maximum atomic E-state index is 3.48. The summed E-state index contributed by atoms with van der Waals surface area (Å²) in [5.74, 6) is 2.24. The number of benzene rings is 1. The van der Waals surface area contributed by atoms with Crippen molar-refractivity contribution in [3.05, 3.63) is 35.9 Å². The molecule has 1 heterocycles. The zero-order valence-electron chi connectivity index (χ0n) is 9.03. The molecule has 0 aliphatic carbocycles. The van der Waals surface area contributed by atoms with E-state index < -0.39 is 0 Å². The molecule has 14 heavy (non-hydrogen) atoms. The van der Waals surface area contributed by atoms with Crippen LogP contribution in [-0.4, -0.2) is 13.1 Å². The van der Waals surface area contributed by atoms with E-state index in [0.717, 1.165) is 30.8 Å². The monoisotopic (exact) mass is 189 g/mol. The van der Waals surface area contributed by atoms with Crippen molar-refractivity contribution >= 4 is 0 Å². The SMILES string of the molecule is CC1CNCC(C)C1c1ccccc1. The lowest BCUT2D eigenvalue weighted by Crippen LogP contribution is -2.39. The summed E-state index contributed by atoms with van der Waals surface area (Å²) in [6, 6.07) is 10.9. The molecular weight excluding hydrogens is 170 g/mol. The zero-order chi connectivity index (χ0) is 9.97. The minimum absolute atomic E-state index is 0.734. The first-order valence-corrected chi connectivity index (χ1v) is 5.54. The average Bonchev–Trinajstić information content (AvgIpc) is 2.19. The van der Waals surface area contributed by atoms with Crippen LogP contribution >= 0.6 is 0 Å². The number of piperidine rings is 1. The predicted molar refractivity (Wildman–Crippen MR) is 60.4 cm³/mol. The van der Waals surface area contributed by atoms with Gasteiger partial charge in [0.05, 0.1) is 0 Å². The maximum Gasteiger partial charge on any atom is -0.00171 e.